The Hall–Kier alpha value is -2.25. The van der Waals surface area contributed by atoms with Crippen LogP contribution in [0, 0.1) is 0 Å². The van der Waals surface area contributed by atoms with Gasteiger partial charge in [-0.25, -0.2) is 4.79 Å². The van der Waals surface area contributed by atoms with E-state index in [1.807, 2.05) is 0 Å². The van der Waals surface area contributed by atoms with Crippen molar-refractivity contribution >= 4 is 35.1 Å². The average Bonchev–Trinajstić information content (AvgIpc) is 2.51. The van der Waals surface area contributed by atoms with Gasteiger partial charge >= 0.3 is 12.1 Å². The lowest BCUT2D eigenvalue weighted by Crippen LogP contribution is -2.22. The third-order valence-electron chi connectivity index (χ3n) is 2.93. The highest BCUT2D eigenvalue weighted by molar-refractivity contribution is 6.30. The molecule has 2 aromatic rings. The van der Waals surface area contributed by atoms with Gasteiger partial charge in [0, 0.05) is 10.0 Å². The molecule has 0 saturated carbocycles. The maximum atomic E-state index is 11.6. The molecule has 0 aliphatic carbocycles. The van der Waals surface area contributed by atoms with Gasteiger partial charge in [0.05, 0.1) is 5.92 Å². The van der Waals surface area contributed by atoms with Gasteiger partial charge in [0.15, 0.2) is 0 Å². The number of carboxylic acid groups (broad SMARTS) is 1. The first kappa shape index (κ1) is 20.8. The second-order valence-corrected chi connectivity index (χ2v) is 5.61. The van der Waals surface area contributed by atoms with Gasteiger partial charge in [-0.1, -0.05) is 47.5 Å². The Kier molecular flexibility index (Phi) is 7.26. The molecule has 0 spiro atoms. The largest absolute Gasteiger partial charge is 0.490 e. The highest BCUT2D eigenvalue weighted by Crippen LogP contribution is 2.26. The SMILES string of the molecule is NC(=O)C(c1ccc(Cl)cc1)c1ccc(Cl)cc1.O=C(O)C(F)(F)F. The highest BCUT2D eigenvalue weighted by Gasteiger charge is 2.38. The first-order valence-electron chi connectivity index (χ1n) is 6.62. The number of halogens is 5. The molecule has 2 aromatic carbocycles. The number of primary amides is 1. The molecule has 9 heteroatoms. The molecule has 3 N–H and O–H groups in total. The molecule has 0 aliphatic heterocycles. The Morgan fingerprint density at radius 3 is 1.36 bits per heavy atom. The molecule has 0 radical (unpaired) electrons. The summed E-state index contributed by atoms with van der Waals surface area (Å²) in [6.07, 6.45) is -5.08. The molecule has 0 unspecified atom stereocenters. The Morgan fingerprint density at radius 1 is 0.880 bits per heavy atom. The van der Waals surface area contributed by atoms with Crippen LogP contribution in [0.1, 0.15) is 17.0 Å². The number of benzene rings is 2. The number of nitrogens with two attached hydrogens (primary N) is 1. The van der Waals surface area contributed by atoms with E-state index in [1.165, 1.54) is 0 Å². The summed E-state index contributed by atoms with van der Waals surface area (Å²) in [7, 11) is 0. The van der Waals surface area contributed by atoms with E-state index in [9.17, 15) is 18.0 Å². The average molecular weight is 394 g/mol. The van der Waals surface area contributed by atoms with Crippen molar-refractivity contribution < 1.29 is 27.9 Å². The van der Waals surface area contributed by atoms with Crippen molar-refractivity contribution in [2.24, 2.45) is 5.73 Å². The fourth-order valence-corrected chi connectivity index (χ4v) is 2.08. The summed E-state index contributed by atoms with van der Waals surface area (Å²) in [6, 6.07) is 14.1. The first-order valence-corrected chi connectivity index (χ1v) is 7.38. The lowest BCUT2D eigenvalue weighted by molar-refractivity contribution is -0.192. The fourth-order valence-electron chi connectivity index (χ4n) is 1.83. The van der Waals surface area contributed by atoms with Crippen LogP contribution in [0.2, 0.25) is 10.0 Å². The molecule has 0 bridgehead atoms. The number of amides is 1. The van der Waals surface area contributed by atoms with E-state index >= 15 is 0 Å². The predicted molar refractivity (Wildman–Crippen MR) is 87.6 cm³/mol. The summed E-state index contributed by atoms with van der Waals surface area (Å²) < 4.78 is 31.7. The zero-order chi connectivity index (χ0) is 19.2. The van der Waals surface area contributed by atoms with Crippen LogP contribution in [-0.4, -0.2) is 23.2 Å². The summed E-state index contributed by atoms with van der Waals surface area (Å²) in [6.45, 7) is 0. The van der Waals surface area contributed by atoms with E-state index in [2.05, 4.69) is 0 Å². The van der Waals surface area contributed by atoms with Gasteiger partial charge in [-0.3, -0.25) is 4.79 Å². The van der Waals surface area contributed by atoms with Gasteiger partial charge < -0.3 is 10.8 Å². The van der Waals surface area contributed by atoms with Crippen molar-refractivity contribution in [3.63, 3.8) is 0 Å². The maximum Gasteiger partial charge on any atom is 0.490 e. The van der Waals surface area contributed by atoms with Gasteiger partial charge in [0.25, 0.3) is 0 Å². The van der Waals surface area contributed by atoms with Crippen LogP contribution >= 0.6 is 23.2 Å². The topological polar surface area (TPSA) is 80.4 Å². The van der Waals surface area contributed by atoms with Crippen molar-refractivity contribution in [2.45, 2.75) is 12.1 Å². The molecular weight excluding hydrogens is 382 g/mol. The summed E-state index contributed by atoms with van der Waals surface area (Å²) in [5.41, 5.74) is 7.10. The Morgan fingerprint density at radius 2 is 1.16 bits per heavy atom. The number of aliphatic carboxylic acids is 1. The van der Waals surface area contributed by atoms with Crippen molar-refractivity contribution in [3.8, 4) is 0 Å². The molecule has 134 valence electrons. The predicted octanol–water partition coefficient (Wildman–Crippen LogP) is 4.24. The Bertz CT molecular complexity index is 686. The van der Waals surface area contributed by atoms with Crippen molar-refractivity contribution in [2.75, 3.05) is 0 Å². The van der Waals surface area contributed by atoms with Gasteiger partial charge in [-0.2, -0.15) is 13.2 Å². The quantitative estimate of drug-likeness (QED) is 0.817. The molecule has 25 heavy (non-hydrogen) atoms. The highest BCUT2D eigenvalue weighted by atomic mass is 35.5. The summed E-state index contributed by atoms with van der Waals surface area (Å²) in [5.74, 6) is -3.65. The zero-order valence-electron chi connectivity index (χ0n) is 12.4. The molecule has 0 saturated heterocycles. The van der Waals surface area contributed by atoms with Crippen LogP contribution in [0.25, 0.3) is 0 Å². The maximum absolute atomic E-state index is 11.6. The fraction of sp³-hybridized carbons (Fsp3) is 0.125. The molecule has 0 aliphatic rings. The minimum atomic E-state index is -5.08. The van der Waals surface area contributed by atoms with Crippen LogP contribution in [-0.2, 0) is 9.59 Å². The minimum Gasteiger partial charge on any atom is -0.475 e. The second kappa shape index (κ2) is 8.73. The lowest BCUT2D eigenvalue weighted by atomic mass is 9.91. The Balaban J connectivity index is 0.000000381. The molecular formula is C16H12Cl2F3NO3. The van der Waals surface area contributed by atoms with E-state index in [1.54, 1.807) is 48.5 Å². The van der Waals surface area contributed by atoms with Crippen molar-refractivity contribution in [1.29, 1.82) is 0 Å². The lowest BCUT2D eigenvalue weighted by Gasteiger charge is -2.14. The minimum absolute atomic E-state index is 0.403. The number of alkyl halides is 3. The van der Waals surface area contributed by atoms with Gasteiger partial charge in [0.1, 0.15) is 0 Å². The number of rotatable bonds is 3. The zero-order valence-corrected chi connectivity index (χ0v) is 13.9. The van der Waals surface area contributed by atoms with Crippen LogP contribution < -0.4 is 5.73 Å². The monoisotopic (exact) mass is 393 g/mol. The van der Waals surface area contributed by atoms with Crippen molar-refractivity contribution in [1.82, 2.24) is 0 Å². The number of hydrogen-bond acceptors (Lipinski definition) is 2. The van der Waals surface area contributed by atoms with Gasteiger partial charge in [0.2, 0.25) is 5.91 Å². The van der Waals surface area contributed by atoms with Gasteiger partial charge in [-0.15, -0.1) is 0 Å². The molecule has 0 aromatic heterocycles. The third kappa shape index (κ3) is 6.64. The van der Waals surface area contributed by atoms with E-state index in [0.29, 0.717) is 10.0 Å². The van der Waals surface area contributed by atoms with Crippen LogP contribution in [0.15, 0.2) is 48.5 Å². The molecule has 0 atom stereocenters. The van der Waals surface area contributed by atoms with E-state index in [4.69, 9.17) is 38.8 Å². The molecule has 0 heterocycles. The van der Waals surface area contributed by atoms with E-state index in [0.717, 1.165) is 11.1 Å². The number of hydrogen-bond donors (Lipinski definition) is 2. The molecule has 0 fully saturated rings. The van der Waals surface area contributed by atoms with Crippen molar-refractivity contribution in [3.05, 3.63) is 69.7 Å². The second-order valence-electron chi connectivity index (χ2n) is 4.74. The standard InChI is InChI=1S/C14H11Cl2NO.C2HF3O2/c15-11-5-1-9(2-6-11)13(14(17)18)10-3-7-12(16)8-4-10;3-2(4,5)1(6)7/h1-8,13H,(H2,17,18);(H,6,7). The smallest absolute Gasteiger partial charge is 0.475 e. The number of carbonyl (C=O) groups excluding carboxylic acids is 1. The van der Waals surface area contributed by atoms with E-state index in [-0.39, 0.29) is 0 Å². The van der Waals surface area contributed by atoms with Crippen LogP contribution in [0.4, 0.5) is 13.2 Å². The number of carbonyl (C=O) groups is 2. The first-order chi connectivity index (χ1) is 11.5. The number of carboxylic acids is 1. The summed E-state index contributed by atoms with van der Waals surface area (Å²) >= 11 is 11.7. The molecule has 2 rings (SSSR count). The summed E-state index contributed by atoms with van der Waals surface area (Å²) in [5, 5.41) is 8.37. The van der Waals surface area contributed by atoms with Crippen LogP contribution in [0.3, 0.4) is 0 Å². The Labute approximate surface area is 151 Å². The van der Waals surface area contributed by atoms with Crippen LogP contribution in [0.5, 0.6) is 0 Å². The molecule has 4 nitrogen and oxygen atoms in total. The third-order valence-corrected chi connectivity index (χ3v) is 3.44. The summed E-state index contributed by atoms with van der Waals surface area (Å²) in [4.78, 5) is 20.5. The molecule has 1 amide bonds. The normalized spacial score (nSPS) is 10.8. The van der Waals surface area contributed by atoms with E-state index < -0.39 is 24.0 Å². The van der Waals surface area contributed by atoms with Gasteiger partial charge in [-0.05, 0) is 35.4 Å².